The van der Waals surface area contributed by atoms with Crippen molar-refractivity contribution in [2.45, 2.75) is 6.42 Å². The number of halogens is 1. The average Bonchev–Trinajstić information content (AvgIpc) is 2.99. The van der Waals surface area contributed by atoms with Gasteiger partial charge in [0.2, 0.25) is 5.91 Å². The number of aromatic nitrogens is 1. The maximum absolute atomic E-state index is 13.4. The van der Waals surface area contributed by atoms with Crippen LogP contribution in [0.1, 0.15) is 15.9 Å². The Morgan fingerprint density at radius 1 is 0.775 bits per heavy atom. The molecule has 5 rings (SSSR count). The van der Waals surface area contributed by atoms with Crippen molar-refractivity contribution in [2.75, 3.05) is 12.4 Å². The third kappa shape index (κ3) is 6.39. The number of pyridine rings is 1. The summed E-state index contributed by atoms with van der Waals surface area (Å²) in [7, 11) is 1.32. The number of hydrogen-bond acceptors (Lipinski definition) is 5. The van der Waals surface area contributed by atoms with E-state index in [1.807, 2.05) is 42.5 Å². The van der Waals surface area contributed by atoms with Crippen molar-refractivity contribution in [1.29, 1.82) is 0 Å². The molecule has 0 aliphatic heterocycles. The van der Waals surface area contributed by atoms with E-state index in [1.165, 1.54) is 31.4 Å². The van der Waals surface area contributed by atoms with Crippen molar-refractivity contribution in [3.05, 3.63) is 132 Å². The van der Waals surface area contributed by atoms with Crippen molar-refractivity contribution in [1.82, 2.24) is 4.98 Å². The number of carbonyl (C=O) groups excluding carboxylic acids is 2. The quantitative estimate of drug-likeness (QED) is 0.212. The highest BCUT2D eigenvalue weighted by Gasteiger charge is 2.13. The van der Waals surface area contributed by atoms with Crippen LogP contribution in [0.25, 0.3) is 22.3 Å². The lowest BCUT2D eigenvalue weighted by molar-refractivity contribution is -0.115. The van der Waals surface area contributed by atoms with E-state index in [0.717, 1.165) is 27.8 Å². The third-order valence-corrected chi connectivity index (χ3v) is 6.24. The minimum absolute atomic E-state index is 0.0825. The van der Waals surface area contributed by atoms with E-state index < -0.39 is 5.97 Å². The third-order valence-electron chi connectivity index (χ3n) is 6.24. The first-order valence-electron chi connectivity index (χ1n) is 12.5. The van der Waals surface area contributed by atoms with Gasteiger partial charge in [-0.3, -0.25) is 9.78 Å². The number of carbonyl (C=O) groups is 2. The smallest absolute Gasteiger partial charge is 0.337 e. The van der Waals surface area contributed by atoms with E-state index in [4.69, 9.17) is 9.47 Å². The first kappa shape index (κ1) is 26.3. The summed E-state index contributed by atoms with van der Waals surface area (Å²) in [6.07, 6.45) is 3.58. The largest absolute Gasteiger partial charge is 0.465 e. The molecule has 0 spiro atoms. The first-order chi connectivity index (χ1) is 19.5. The molecule has 0 unspecified atom stereocenters. The molecule has 0 fully saturated rings. The molecule has 0 saturated carbocycles. The zero-order valence-electron chi connectivity index (χ0n) is 21.6. The van der Waals surface area contributed by atoms with Gasteiger partial charge in [0.05, 0.1) is 24.8 Å². The molecule has 0 aliphatic carbocycles. The normalized spacial score (nSPS) is 10.6. The van der Waals surface area contributed by atoms with Crippen molar-refractivity contribution in [2.24, 2.45) is 0 Å². The molecule has 5 aromatic rings. The van der Waals surface area contributed by atoms with Crippen LogP contribution < -0.4 is 10.1 Å². The summed E-state index contributed by atoms with van der Waals surface area (Å²) in [5.41, 5.74) is 5.51. The molecule has 0 bridgehead atoms. The summed E-state index contributed by atoms with van der Waals surface area (Å²) in [6.45, 7) is 0. The van der Waals surface area contributed by atoms with Crippen LogP contribution in [0.3, 0.4) is 0 Å². The van der Waals surface area contributed by atoms with Crippen molar-refractivity contribution in [3.63, 3.8) is 0 Å². The van der Waals surface area contributed by atoms with E-state index in [0.29, 0.717) is 22.7 Å². The van der Waals surface area contributed by atoms with Crippen molar-refractivity contribution < 1.29 is 23.5 Å². The van der Waals surface area contributed by atoms with Crippen LogP contribution in [-0.2, 0) is 16.0 Å². The van der Waals surface area contributed by atoms with Crippen molar-refractivity contribution in [3.8, 4) is 33.8 Å². The molecule has 0 aliphatic rings. The number of nitrogens with one attached hydrogen (secondary N) is 1. The van der Waals surface area contributed by atoms with E-state index in [1.54, 1.807) is 42.7 Å². The molecule has 1 N–H and O–H groups in total. The van der Waals surface area contributed by atoms with Gasteiger partial charge in [0.15, 0.2) is 5.75 Å². The molecule has 198 valence electrons. The molecule has 1 heterocycles. The molecule has 4 aromatic carbocycles. The lowest BCUT2D eigenvalue weighted by atomic mass is 9.99. The van der Waals surface area contributed by atoms with Gasteiger partial charge >= 0.3 is 5.97 Å². The maximum Gasteiger partial charge on any atom is 0.337 e. The molecule has 40 heavy (non-hydrogen) atoms. The molecular weight excluding hydrogens is 507 g/mol. The van der Waals surface area contributed by atoms with E-state index in [9.17, 15) is 14.0 Å². The number of ether oxygens (including phenoxy) is 2. The van der Waals surface area contributed by atoms with Crippen molar-refractivity contribution >= 4 is 17.6 Å². The summed E-state index contributed by atoms with van der Waals surface area (Å²) in [6, 6.07) is 29.8. The standard InChI is InChI=1S/C33H25FN2O4/c1-39-33(38)24-7-5-22(6-8-24)19-32(37)36-30-21-27(9-14-31(30)40-29-12-10-28(34)11-13-29)26-4-2-3-25(20-26)23-15-17-35-18-16-23/h2-18,20-21H,19H2,1H3,(H,36,37). The lowest BCUT2D eigenvalue weighted by Gasteiger charge is -2.15. The Morgan fingerprint density at radius 3 is 2.15 bits per heavy atom. The van der Waals surface area contributed by atoms with Crippen LogP contribution >= 0.6 is 0 Å². The van der Waals surface area contributed by atoms with Crippen LogP contribution in [0.5, 0.6) is 11.5 Å². The van der Waals surface area contributed by atoms with Gasteiger partial charge < -0.3 is 14.8 Å². The minimum atomic E-state index is -0.441. The number of hydrogen-bond donors (Lipinski definition) is 1. The molecule has 1 aromatic heterocycles. The molecule has 1 amide bonds. The first-order valence-corrected chi connectivity index (χ1v) is 12.5. The van der Waals surface area contributed by atoms with Crippen LogP contribution in [-0.4, -0.2) is 24.0 Å². The number of amides is 1. The fraction of sp³-hybridized carbons (Fsp3) is 0.0606. The van der Waals surface area contributed by atoms with Gasteiger partial charge in [-0.15, -0.1) is 0 Å². The Bertz CT molecular complexity index is 1640. The van der Waals surface area contributed by atoms with E-state index >= 15 is 0 Å². The number of rotatable bonds is 8. The fourth-order valence-electron chi connectivity index (χ4n) is 4.20. The average molecular weight is 533 g/mol. The number of benzene rings is 4. The molecule has 0 atom stereocenters. The molecular formula is C33H25FN2O4. The van der Waals surface area contributed by atoms with Crippen LogP contribution in [0.2, 0.25) is 0 Å². The second-order valence-electron chi connectivity index (χ2n) is 9.00. The second kappa shape index (κ2) is 12.0. The minimum Gasteiger partial charge on any atom is -0.465 e. The van der Waals surface area contributed by atoms with E-state index in [2.05, 4.69) is 16.4 Å². The highest BCUT2D eigenvalue weighted by atomic mass is 19.1. The Balaban J connectivity index is 1.43. The van der Waals surface area contributed by atoms with Crippen LogP contribution in [0.4, 0.5) is 10.1 Å². The predicted molar refractivity (Wildman–Crippen MR) is 152 cm³/mol. The summed E-state index contributed by atoms with van der Waals surface area (Å²) in [5, 5.41) is 2.96. The Labute approximate surface area is 231 Å². The second-order valence-corrected chi connectivity index (χ2v) is 9.00. The zero-order chi connectivity index (χ0) is 27.9. The molecule has 0 saturated heterocycles. The van der Waals surface area contributed by atoms with Gasteiger partial charge in [-0.2, -0.15) is 0 Å². The maximum atomic E-state index is 13.4. The van der Waals surface area contributed by atoms with Gasteiger partial charge in [-0.1, -0.05) is 36.4 Å². The van der Waals surface area contributed by atoms with Crippen LogP contribution in [0, 0.1) is 5.82 Å². The zero-order valence-corrected chi connectivity index (χ0v) is 21.6. The SMILES string of the molecule is COC(=O)c1ccc(CC(=O)Nc2cc(-c3cccc(-c4ccncc4)c3)ccc2Oc2ccc(F)cc2)cc1. The number of anilines is 1. The number of methoxy groups -OCH3 is 1. The van der Waals surface area contributed by atoms with Crippen LogP contribution in [0.15, 0.2) is 116 Å². The molecule has 6 nitrogen and oxygen atoms in total. The highest BCUT2D eigenvalue weighted by Crippen LogP contribution is 2.35. The molecule has 0 radical (unpaired) electrons. The van der Waals surface area contributed by atoms with Gasteiger partial charge in [-0.05, 0) is 94.5 Å². The Kier molecular flexibility index (Phi) is 7.92. The van der Waals surface area contributed by atoms with Gasteiger partial charge in [0.25, 0.3) is 0 Å². The monoisotopic (exact) mass is 532 g/mol. The number of nitrogens with zero attached hydrogens (tertiary/aromatic N) is 1. The summed E-state index contributed by atoms with van der Waals surface area (Å²) in [5.74, 6) is -0.234. The lowest BCUT2D eigenvalue weighted by Crippen LogP contribution is -2.15. The molecule has 7 heteroatoms. The summed E-state index contributed by atoms with van der Waals surface area (Å²) >= 11 is 0. The van der Waals surface area contributed by atoms with Gasteiger partial charge in [0.1, 0.15) is 11.6 Å². The Hall–Kier alpha value is -5.30. The summed E-state index contributed by atoms with van der Waals surface area (Å²) < 4.78 is 24.2. The van der Waals surface area contributed by atoms with Gasteiger partial charge in [0, 0.05) is 12.4 Å². The summed E-state index contributed by atoms with van der Waals surface area (Å²) in [4.78, 5) is 28.9. The number of esters is 1. The predicted octanol–water partition coefficient (Wildman–Crippen LogP) is 7.31. The van der Waals surface area contributed by atoms with Gasteiger partial charge in [-0.25, -0.2) is 9.18 Å². The topological polar surface area (TPSA) is 77.5 Å². The fourth-order valence-corrected chi connectivity index (χ4v) is 4.20. The van der Waals surface area contributed by atoms with E-state index in [-0.39, 0.29) is 18.1 Å². The Morgan fingerprint density at radius 2 is 1.45 bits per heavy atom. The highest BCUT2D eigenvalue weighted by molar-refractivity contribution is 5.95.